The number of carbonyl (C=O) groups is 1. The first-order chi connectivity index (χ1) is 10.3. The van der Waals surface area contributed by atoms with E-state index in [1.54, 1.807) is 7.11 Å². The molecule has 2 rings (SSSR count). The maximum Gasteiger partial charge on any atom is 0.207 e. The van der Waals surface area contributed by atoms with Crippen molar-refractivity contribution in [3.8, 4) is 11.5 Å². The molecule has 1 N–H and O–H groups in total. The normalized spacial score (nSPS) is 11.5. The van der Waals surface area contributed by atoms with E-state index < -0.39 is 0 Å². The molecule has 0 saturated carbocycles. The van der Waals surface area contributed by atoms with Gasteiger partial charge in [0.2, 0.25) is 6.41 Å². The van der Waals surface area contributed by atoms with Crippen molar-refractivity contribution in [2.24, 2.45) is 0 Å². The molecule has 1 amide bonds. The van der Waals surface area contributed by atoms with E-state index in [1.165, 1.54) is 0 Å². The molecule has 0 aliphatic rings. The van der Waals surface area contributed by atoms with Gasteiger partial charge in [0.25, 0.3) is 0 Å². The fourth-order valence-electron chi connectivity index (χ4n) is 2.17. The first-order valence-electron chi connectivity index (χ1n) is 6.85. The maximum absolute atomic E-state index is 10.9. The molecule has 0 heterocycles. The third-order valence-corrected chi connectivity index (χ3v) is 3.21. The second-order valence-electron chi connectivity index (χ2n) is 4.49. The van der Waals surface area contributed by atoms with Crippen molar-refractivity contribution in [1.29, 1.82) is 0 Å². The third kappa shape index (κ3) is 3.75. The molecular formula is C17H19NO3. The van der Waals surface area contributed by atoms with E-state index >= 15 is 0 Å². The zero-order valence-corrected chi connectivity index (χ0v) is 12.2. The average molecular weight is 285 g/mol. The highest BCUT2D eigenvalue weighted by molar-refractivity contribution is 5.51. The van der Waals surface area contributed by atoms with Crippen LogP contribution < -0.4 is 14.8 Å². The molecule has 1 atom stereocenters. The minimum absolute atomic E-state index is 0.191. The van der Waals surface area contributed by atoms with Gasteiger partial charge in [-0.25, -0.2) is 0 Å². The van der Waals surface area contributed by atoms with Gasteiger partial charge in [-0.3, -0.25) is 4.79 Å². The van der Waals surface area contributed by atoms with Gasteiger partial charge >= 0.3 is 0 Å². The lowest BCUT2D eigenvalue weighted by atomic mass is 9.98. The summed E-state index contributed by atoms with van der Waals surface area (Å²) in [6.45, 7) is 2.58. The van der Waals surface area contributed by atoms with E-state index in [9.17, 15) is 4.79 Å². The molecule has 0 fully saturated rings. The summed E-state index contributed by atoms with van der Waals surface area (Å²) in [7, 11) is 1.63. The van der Waals surface area contributed by atoms with Crippen LogP contribution in [-0.4, -0.2) is 20.1 Å². The van der Waals surface area contributed by atoms with Gasteiger partial charge in [-0.05, 0) is 42.3 Å². The minimum atomic E-state index is -0.191. The molecule has 0 unspecified atom stereocenters. The molecule has 110 valence electrons. The number of ether oxygens (including phenoxy) is 2. The topological polar surface area (TPSA) is 47.6 Å². The molecule has 21 heavy (non-hydrogen) atoms. The summed E-state index contributed by atoms with van der Waals surface area (Å²) in [5, 5.41) is 2.84. The van der Waals surface area contributed by atoms with Crippen molar-refractivity contribution in [3.05, 3.63) is 59.7 Å². The number of hydrogen-bond acceptors (Lipinski definition) is 3. The summed E-state index contributed by atoms with van der Waals surface area (Å²) in [4.78, 5) is 10.9. The number of nitrogens with one attached hydrogen (secondary N) is 1. The van der Waals surface area contributed by atoms with E-state index in [1.807, 2.05) is 55.5 Å². The van der Waals surface area contributed by atoms with Crippen molar-refractivity contribution in [2.75, 3.05) is 13.7 Å². The van der Waals surface area contributed by atoms with Gasteiger partial charge in [0.1, 0.15) is 11.5 Å². The Kier molecular flexibility index (Phi) is 5.21. The Hall–Kier alpha value is -2.49. The Bertz CT molecular complexity index is 564. The van der Waals surface area contributed by atoms with E-state index in [0.717, 1.165) is 22.6 Å². The van der Waals surface area contributed by atoms with Crippen LogP contribution in [0.5, 0.6) is 11.5 Å². The van der Waals surface area contributed by atoms with Crippen LogP contribution in [0.15, 0.2) is 48.5 Å². The molecule has 0 spiro atoms. The van der Waals surface area contributed by atoms with Gasteiger partial charge in [0.15, 0.2) is 0 Å². The van der Waals surface area contributed by atoms with Crippen LogP contribution in [0.4, 0.5) is 0 Å². The Labute approximate surface area is 124 Å². The van der Waals surface area contributed by atoms with Crippen LogP contribution in [0, 0.1) is 0 Å². The van der Waals surface area contributed by atoms with Crippen LogP contribution in [-0.2, 0) is 4.79 Å². The zero-order valence-electron chi connectivity index (χ0n) is 12.2. The summed E-state index contributed by atoms with van der Waals surface area (Å²) in [6.07, 6.45) is 0.714. The Morgan fingerprint density at radius 1 is 1.00 bits per heavy atom. The molecule has 0 aliphatic heterocycles. The zero-order chi connectivity index (χ0) is 15.1. The third-order valence-electron chi connectivity index (χ3n) is 3.21. The fraction of sp³-hybridized carbons (Fsp3) is 0.235. The minimum Gasteiger partial charge on any atom is -0.497 e. The van der Waals surface area contributed by atoms with Crippen molar-refractivity contribution in [2.45, 2.75) is 13.0 Å². The highest BCUT2D eigenvalue weighted by atomic mass is 16.5. The predicted molar refractivity (Wildman–Crippen MR) is 81.6 cm³/mol. The molecule has 0 aliphatic carbocycles. The van der Waals surface area contributed by atoms with Crippen molar-refractivity contribution >= 4 is 6.41 Å². The SMILES string of the molecule is CCOc1ccc([C@H](NC=O)c2ccc(OC)cc2)cc1. The Morgan fingerprint density at radius 2 is 1.52 bits per heavy atom. The fourth-order valence-corrected chi connectivity index (χ4v) is 2.17. The smallest absolute Gasteiger partial charge is 0.207 e. The van der Waals surface area contributed by atoms with Crippen molar-refractivity contribution in [1.82, 2.24) is 5.32 Å². The van der Waals surface area contributed by atoms with Gasteiger partial charge in [0.05, 0.1) is 19.8 Å². The molecule has 0 saturated heterocycles. The van der Waals surface area contributed by atoms with Gasteiger partial charge in [0, 0.05) is 0 Å². The van der Waals surface area contributed by atoms with Crippen LogP contribution in [0.2, 0.25) is 0 Å². The quantitative estimate of drug-likeness (QED) is 0.796. The summed E-state index contributed by atoms with van der Waals surface area (Å²) in [6, 6.07) is 15.2. The van der Waals surface area contributed by atoms with Gasteiger partial charge in [-0.1, -0.05) is 24.3 Å². The average Bonchev–Trinajstić information content (AvgIpc) is 2.54. The standard InChI is InChI=1S/C17H19NO3/c1-3-21-16-10-6-14(7-11-16)17(18-12-19)13-4-8-15(20-2)9-5-13/h4-12,17H,3H2,1-2H3,(H,18,19)/t17-/m1/s1. The molecule has 0 aromatic heterocycles. The van der Waals surface area contributed by atoms with Crippen LogP contribution in [0.3, 0.4) is 0 Å². The number of methoxy groups -OCH3 is 1. The Balaban J connectivity index is 2.26. The van der Waals surface area contributed by atoms with Crippen LogP contribution >= 0.6 is 0 Å². The van der Waals surface area contributed by atoms with E-state index in [4.69, 9.17) is 9.47 Å². The van der Waals surface area contributed by atoms with Gasteiger partial charge in [-0.15, -0.1) is 0 Å². The lowest BCUT2D eigenvalue weighted by Crippen LogP contribution is -2.20. The van der Waals surface area contributed by atoms with E-state index in [2.05, 4.69) is 5.32 Å². The highest BCUT2D eigenvalue weighted by Gasteiger charge is 2.13. The number of carbonyl (C=O) groups excluding carboxylic acids is 1. The number of amides is 1. The molecule has 4 nitrogen and oxygen atoms in total. The predicted octanol–water partition coefficient (Wildman–Crippen LogP) is 2.93. The van der Waals surface area contributed by atoms with Crippen LogP contribution in [0.25, 0.3) is 0 Å². The van der Waals surface area contributed by atoms with E-state index in [0.29, 0.717) is 13.0 Å². The highest BCUT2D eigenvalue weighted by Crippen LogP contribution is 2.25. The second-order valence-corrected chi connectivity index (χ2v) is 4.49. The number of rotatable bonds is 7. The molecular weight excluding hydrogens is 266 g/mol. The largest absolute Gasteiger partial charge is 0.497 e. The van der Waals surface area contributed by atoms with Crippen molar-refractivity contribution < 1.29 is 14.3 Å². The number of benzene rings is 2. The van der Waals surface area contributed by atoms with Crippen molar-refractivity contribution in [3.63, 3.8) is 0 Å². The lowest BCUT2D eigenvalue weighted by molar-refractivity contribution is -0.110. The molecule has 0 bridgehead atoms. The van der Waals surface area contributed by atoms with Gasteiger partial charge < -0.3 is 14.8 Å². The maximum atomic E-state index is 10.9. The number of hydrogen-bond donors (Lipinski definition) is 1. The Morgan fingerprint density at radius 3 is 1.95 bits per heavy atom. The summed E-state index contributed by atoms with van der Waals surface area (Å²) >= 11 is 0. The summed E-state index contributed by atoms with van der Waals surface area (Å²) < 4.78 is 10.6. The van der Waals surface area contributed by atoms with Gasteiger partial charge in [-0.2, -0.15) is 0 Å². The second kappa shape index (κ2) is 7.33. The first-order valence-corrected chi connectivity index (χ1v) is 6.85. The molecule has 0 radical (unpaired) electrons. The summed E-state index contributed by atoms with van der Waals surface area (Å²) in [5.41, 5.74) is 1.99. The van der Waals surface area contributed by atoms with E-state index in [-0.39, 0.29) is 6.04 Å². The van der Waals surface area contributed by atoms with Crippen LogP contribution in [0.1, 0.15) is 24.1 Å². The molecule has 2 aromatic carbocycles. The first kappa shape index (κ1) is 14.9. The molecule has 4 heteroatoms. The summed E-state index contributed by atoms with van der Waals surface area (Å²) in [5.74, 6) is 1.61. The lowest BCUT2D eigenvalue weighted by Gasteiger charge is -2.18. The monoisotopic (exact) mass is 285 g/mol. The molecule has 2 aromatic rings.